The number of rotatable bonds is 7. The Morgan fingerprint density at radius 3 is 2.48 bits per heavy atom. The lowest BCUT2D eigenvalue weighted by Crippen LogP contribution is -2.40. The summed E-state index contributed by atoms with van der Waals surface area (Å²) in [6, 6.07) is 4.87. The van der Waals surface area contributed by atoms with E-state index < -0.39 is 12.0 Å². The van der Waals surface area contributed by atoms with E-state index in [0.717, 1.165) is 5.56 Å². The molecule has 7 nitrogen and oxygen atoms in total. The van der Waals surface area contributed by atoms with Gasteiger partial charge in [-0.05, 0) is 52.3 Å². The zero-order valence-corrected chi connectivity index (χ0v) is 18.2. The highest BCUT2D eigenvalue weighted by Crippen LogP contribution is 2.44. The molecule has 1 saturated heterocycles. The van der Waals surface area contributed by atoms with Crippen LogP contribution in [-0.2, 0) is 14.3 Å². The van der Waals surface area contributed by atoms with Crippen LogP contribution in [0.3, 0.4) is 0 Å². The Bertz CT molecular complexity index is 880. The second kappa shape index (κ2) is 8.90. The monoisotopic (exact) mass is 418 g/mol. The van der Waals surface area contributed by atoms with Crippen LogP contribution in [0.15, 0.2) is 34.5 Å². The molecule has 2 heterocycles. The van der Waals surface area contributed by atoms with Gasteiger partial charge in [0.15, 0.2) is 16.7 Å². The van der Waals surface area contributed by atoms with Crippen LogP contribution >= 0.6 is 11.8 Å². The normalized spacial score (nSPS) is 21.1. The van der Waals surface area contributed by atoms with Crippen molar-refractivity contribution >= 4 is 28.8 Å². The standard InChI is InChI=1S/C21H26N2O5S/c1-6-26-15-10-9-14(11-16(15)27-7-2)18-17(20(25)28-8-3)12(4)22-21-23(18)19(24)13(5)29-21/h9-11,13,18H,6-8H2,1-5H3/t13-,18-/m0/s1. The summed E-state index contributed by atoms with van der Waals surface area (Å²) in [5.41, 5.74) is 1.67. The van der Waals surface area contributed by atoms with Gasteiger partial charge < -0.3 is 14.2 Å². The number of thioether (sulfide) groups is 1. The van der Waals surface area contributed by atoms with Gasteiger partial charge in [0.05, 0.1) is 42.4 Å². The molecule has 2 aliphatic heterocycles. The number of amidine groups is 1. The smallest absolute Gasteiger partial charge is 0.338 e. The van der Waals surface area contributed by atoms with Crippen molar-refractivity contribution in [2.75, 3.05) is 19.8 Å². The second-order valence-electron chi connectivity index (χ2n) is 6.56. The summed E-state index contributed by atoms with van der Waals surface area (Å²) in [4.78, 5) is 31.8. The lowest BCUT2D eigenvalue weighted by Gasteiger charge is -2.33. The van der Waals surface area contributed by atoms with E-state index >= 15 is 0 Å². The van der Waals surface area contributed by atoms with E-state index in [4.69, 9.17) is 14.2 Å². The van der Waals surface area contributed by atoms with Gasteiger partial charge in [-0.1, -0.05) is 17.8 Å². The molecule has 0 saturated carbocycles. The van der Waals surface area contributed by atoms with E-state index in [1.54, 1.807) is 18.7 Å². The van der Waals surface area contributed by atoms with Gasteiger partial charge >= 0.3 is 5.97 Å². The average Bonchev–Trinajstić information content (AvgIpc) is 2.96. The Morgan fingerprint density at radius 1 is 1.14 bits per heavy atom. The van der Waals surface area contributed by atoms with E-state index in [9.17, 15) is 9.59 Å². The van der Waals surface area contributed by atoms with E-state index in [0.29, 0.717) is 41.2 Å². The third kappa shape index (κ3) is 3.99. The molecule has 1 aromatic rings. The molecular formula is C21H26N2O5S. The van der Waals surface area contributed by atoms with Crippen molar-refractivity contribution < 1.29 is 23.8 Å². The molecule has 0 unspecified atom stereocenters. The molecular weight excluding hydrogens is 392 g/mol. The highest BCUT2D eigenvalue weighted by Gasteiger charge is 2.46. The molecule has 0 bridgehead atoms. The van der Waals surface area contributed by atoms with Gasteiger partial charge in [-0.2, -0.15) is 0 Å². The number of benzene rings is 1. The van der Waals surface area contributed by atoms with Crippen LogP contribution in [0.2, 0.25) is 0 Å². The summed E-state index contributed by atoms with van der Waals surface area (Å²) in [6.45, 7) is 10.4. The number of ether oxygens (including phenoxy) is 3. The van der Waals surface area contributed by atoms with Crippen LogP contribution < -0.4 is 9.47 Å². The van der Waals surface area contributed by atoms with Crippen molar-refractivity contribution in [2.45, 2.75) is 45.9 Å². The number of carbonyl (C=O) groups is 2. The Kier molecular flexibility index (Phi) is 6.52. The highest BCUT2D eigenvalue weighted by molar-refractivity contribution is 8.15. The minimum absolute atomic E-state index is 0.0834. The molecule has 0 aromatic heterocycles. The van der Waals surface area contributed by atoms with Crippen LogP contribution in [0, 0.1) is 0 Å². The van der Waals surface area contributed by atoms with Crippen molar-refractivity contribution in [3.05, 3.63) is 35.0 Å². The quantitative estimate of drug-likeness (QED) is 0.629. The predicted molar refractivity (Wildman–Crippen MR) is 112 cm³/mol. The maximum Gasteiger partial charge on any atom is 0.338 e. The van der Waals surface area contributed by atoms with Crippen molar-refractivity contribution in [1.82, 2.24) is 4.90 Å². The van der Waals surface area contributed by atoms with Crippen LogP contribution in [-0.4, -0.2) is 47.0 Å². The average molecular weight is 419 g/mol. The SMILES string of the molecule is CCOC(=O)C1=C(C)N=C2S[C@@H](C)C(=O)N2[C@H]1c1ccc(OCC)c(OCC)c1. The van der Waals surface area contributed by atoms with Gasteiger partial charge in [-0.15, -0.1) is 0 Å². The third-order valence-corrected chi connectivity index (χ3v) is 5.69. The number of hydrogen-bond acceptors (Lipinski definition) is 7. The van der Waals surface area contributed by atoms with Crippen LogP contribution in [0.25, 0.3) is 0 Å². The Hall–Kier alpha value is -2.48. The topological polar surface area (TPSA) is 77.4 Å². The number of hydrogen-bond donors (Lipinski definition) is 0. The first-order chi connectivity index (χ1) is 13.9. The van der Waals surface area contributed by atoms with Crippen molar-refractivity contribution in [3.8, 4) is 11.5 Å². The minimum atomic E-state index is -0.624. The molecule has 0 spiro atoms. The summed E-state index contributed by atoms with van der Waals surface area (Å²) >= 11 is 1.40. The lowest BCUT2D eigenvalue weighted by molar-refractivity contribution is -0.139. The molecule has 8 heteroatoms. The van der Waals surface area contributed by atoms with E-state index in [2.05, 4.69) is 4.99 Å². The molecule has 1 fully saturated rings. The van der Waals surface area contributed by atoms with Gasteiger partial charge in [0, 0.05) is 0 Å². The molecule has 3 rings (SSSR count). The number of amides is 1. The second-order valence-corrected chi connectivity index (χ2v) is 7.86. The van der Waals surface area contributed by atoms with Gasteiger partial charge in [0.1, 0.15) is 0 Å². The van der Waals surface area contributed by atoms with Gasteiger partial charge in [0.2, 0.25) is 5.91 Å². The Morgan fingerprint density at radius 2 is 1.83 bits per heavy atom. The minimum Gasteiger partial charge on any atom is -0.490 e. The number of esters is 1. The number of fused-ring (bicyclic) bond motifs is 1. The van der Waals surface area contributed by atoms with Gasteiger partial charge in [0.25, 0.3) is 0 Å². The summed E-state index contributed by atoms with van der Waals surface area (Å²) in [7, 11) is 0. The Labute approximate surface area is 175 Å². The molecule has 0 N–H and O–H groups in total. The summed E-state index contributed by atoms with van der Waals surface area (Å²) in [5, 5.41) is 0.338. The molecule has 2 atom stereocenters. The summed E-state index contributed by atoms with van der Waals surface area (Å²) in [5.74, 6) is 0.641. The van der Waals surface area contributed by atoms with Crippen molar-refractivity contribution in [1.29, 1.82) is 0 Å². The number of allylic oxidation sites excluding steroid dienone is 1. The summed E-state index contributed by atoms with van der Waals surface area (Å²) in [6.07, 6.45) is 0. The first kappa shape index (κ1) is 21.2. The number of nitrogens with zero attached hydrogens (tertiary/aromatic N) is 2. The third-order valence-electron chi connectivity index (χ3n) is 4.64. The molecule has 1 amide bonds. The van der Waals surface area contributed by atoms with E-state index in [1.807, 2.05) is 39.0 Å². The molecule has 0 aliphatic carbocycles. The maximum atomic E-state index is 12.9. The zero-order chi connectivity index (χ0) is 21.1. The lowest BCUT2D eigenvalue weighted by atomic mass is 9.94. The fraction of sp³-hybridized carbons (Fsp3) is 0.476. The van der Waals surface area contributed by atoms with Crippen molar-refractivity contribution in [2.24, 2.45) is 4.99 Å². The van der Waals surface area contributed by atoms with Gasteiger partial charge in [-0.25, -0.2) is 9.79 Å². The first-order valence-electron chi connectivity index (χ1n) is 9.78. The Balaban J connectivity index is 2.14. The summed E-state index contributed by atoms with van der Waals surface area (Å²) < 4.78 is 16.7. The highest BCUT2D eigenvalue weighted by atomic mass is 32.2. The fourth-order valence-electron chi connectivity index (χ4n) is 3.43. The molecule has 29 heavy (non-hydrogen) atoms. The molecule has 1 aromatic carbocycles. The fourth-order valence-corrected chi connectivity index (χ4v) is 4.45. The first-order valence-corrected chi connectivity index (χ1v) is 10.7. The largest absolute Gasteiger partial charge is 0.490 e. The molecule has 156 valence electrons. The van der Waals surface area contributed by atoms with E-state index in [1.165, 1.54) is 11.8 Å². The zero-order valence-electron chi connectivity index (χ0n) is 17.4. The van der Waals surface area contributed by atoms with Crippen molar-refractivity contribution in [3.63, 3.8) is 0 Å². The molecule has 0 radical (unpaired) electrons. The van der Waals surface area contributed by atoms with Crippen LogP contribution in [0.4, 0.5) is 0 Å². The maximum absolute atomic E-state index is 12.9. The number of aliphatic imine (C=N–C) groups is 1. The van der Waals surface area contributed by atoms with Crippen LogP contribution in [0.5, 0.6) is 11.5 Å². The predicted octanol–water partition coefficient (Wildman–Crippen LogP) is 3.70. The molecule has 2 aliphatic rings. The number of carbonyl (C=O) groups excluding carboxylic acids is 2. The van der Waals surface area contributed by atoms with Crippen LogP contribution in [0.1, 0.15) is 46.2 Å². The van der Waals surface area contributed by atoms with Gasteiger partial charge in [-0.3, -0.25) is 9.69 Å². The van der Waals surface area contributed by atoms with E-state index in [-0.39, 0.29) is 17.8 Å².